The molecule has 0 unspecified atom stereocenters. The summed E-state index contributed by atoms with van der Waals surface area (Å²) in [6, 6.07) is 16.4. The number of nitrogens with one attached hydrogen (secondary N) is 1. The number of fused-ring (bicyclic) bond motifs is 1. The fourth-order valence-corrected chi connectivity index (χ4v) is 5.12. The monoisotopic (exact) mass is 458 g/mol. The average molecular weight is 459 g/mol. The zero-order valence-corrected chi connectivity index (χ0v) is 19.6. The van der Waals surface area contributed by atoms with Gasteiger partial charge in [-0.15, -0.1) is 11.3 Å². The third kappa shape index (κ3) is 4.28. The number of benzene rings is 2. The normalized spacial score (nSPS) is 13.2. The van der Waals surface area contributed by atoms with Crippen LogP contribution >= 0.6 is 11.3 Å². The van der Waals surface area contributed by atoms with Crippen LogP contribution in [0.1, 0.15) is 34.4 Å². The lowest BCUT2D eigenvalue weighted by atomic mass is 9.99. The maximum Gasteiger partial charge on any atom is 0.276 e. The summed E-state index contributed by atoms with van der Waals surface area (Å²) in [5.41, 5.74) is 6.89. The maximum absolute atomic E-state index is 13.1. The quantitative estimate of drug-likeness (QED) is 0.481. The number of hydrogen-bond acceptors (Lipinski definition) is 4. The van der Waals surface area contributed by atoms with E-state index < -0.39 is 0 Å². The second-order valence-corrected chi connectivity index (χ2v) is 9.41. The van der Waals surface area contributed by atoms with Crippen molar-refractivity contribution >= 4 is 17.2 Å². The highest BCUT2D eigenvalue weighted by molar-refractivity contribution is 7.12. The number of carbonyl (C=O) groups excluding carboxylic acids is 1. The molecule has 0 radical (unpaired) electrons. The zero-order chi connectivity index (χ0) is 22.9. The summed E-state index contributed by atoms with van der Waals surface area (Å²) in [6.07, 6.45) is 1.62. The second kappa shape index (κ2) is 8.83. The van der Waals surface area contributed by atoms with Crippen molar-refractivity contribution in [2.45, 2.75) is 39.7 Å². The first-order chi connectivity index (χ1) is 16.0. The number of rotatable bonds is 5. The molecule has 0 fully saturated rings. The SMILES string of the molecule is Cc1ccc(-c2csc(-n3[nH]c(C)c(CCC(=O)N4CCc5ccccc5C4)c3=O)n2)cc1. The molecule has 1 amide bonds. The van der Waals surface area contributed by atoms with Crippen molar-refractivity contribution in [1.82, 2.24) is 19.7 Å². The predicted octanol–water partition coefficient (Wildman–Crippen LogP) is 4.42. The first-order valence-electron chi connectivity index (χ1n) is 11.2. The second-order valence-electron chi connectivity index (χ2n) is 8.57. The third-order valence-electron chi connectivity index (χ3n) is 6.30. The van der Waals surface area contributed by atoms with Crippen molar-refractivity contribution in [3.63, 3.8) is 0 Å². The van der Waals surface area contributed by atoms with Gasteiger partial charge in [0.15, 0.2) is 0 Å². The molecule has 1 aliphatic rings. The summed E-state index contributed by atoms with van der Waals surface area (Å²) in [4.78, 5) is 32.5. The molecule has 0 saturated heterocycles. The first-order valence-corrected chi connectivity index (χ1v) is 12.1. The van der Waals surface area contributed by atoms with Crippen molar-refractivity contribution < 1.29 is 4.79 Å². The van der Waals surface area contributed by atoms with Crippen molar-refractivity contribution in [3.8, 4) is 16.4 Å². The number of nitrogens with zero attached hydrogens (tertiary/aromatic N) is 3. The van der Waals surface area contributed by atoms with Gasteiger partial charge in [-0.25, -0.2) is 4.98 Å². The summed E-state index contributed by atoms with van der Waals surface area (Å²) >= 11 is 1.42. The largest absolute Gasteiger partial charge is 0.338 e. The Morgan fingerprint density at radius 1 is 1.09 bits per heavy atom. The van der Waals surface area contributed by atoms with Crippen molar-refractivity contribution in [3.05, 3.63) is 92.2 Å². The Labute approximate surface area is 196 Å². The number of amides is 1. The molecule has 1 N–H and O–H groups in total. The molecule has 7 heteroatoms. The van der Waals surface area contributed by atoms with Gasteiger partial charge in [0.05, 0.1) is 5.69 Å². The molecule has 0 atom stereocenters. The number of aromatic amines is 1. The van der Waals surface area contributed by atoms with E-state index in [1.54, 1.807) is 0 Å². The summed E-state index contributed by atoms with van der Waals surface area (Å²) in [7, 11) is 0. The number of aryl methyl sites for hydroxylation is 2. The van der Waals surface area contributed by atoms with Gasteiger partial charge < -0.3 is 4.90 Å². The number of aromatic nitrogens is 3. The van der Waals surface area contributed by atoms with E-state index in [0.717, 1.165) is 29.9 Å². The zero-order valence-electron chi connectivity index (χ0n) is 18.8. The van der Waals surface area contributed by atoms with Crippen LogP contribution in [0.25, 0.3) is 16.4 Å². The Hall–Kier alpha value is -3.45. The molecule has 1 aliphatic heterocycles. The van der Waals surface area contributed by atoms with E-state index in [1.165, 1.54) is 32.7 Å². The van der Waals surface area contributed by atoms with Crippen LogP contribution in [0.15, 0.2) is 58.7 Å². The van der Waals surface area contributed by atoms with Crippen molar-refractivity contribution in [2.75, 3.05) is 6.54 Å². The van der Waals surface area contributed by atoms with E-state index in [4.69, 9.17) is 0 Å². The lowest BCUT2D eigenvalue weighted by Gasteiger charge is -2.28. The Morgan fingerprint density at radius 3 is 2.64 bits per heavy atom. The molecule has 0 saturated carbocycles. The molecular formula is C26H26N4O2S. The molecule has 0 bridgehead atoms. The summed E-state index contributed by atoms with van der Waals surface area (Å²) in [6.45, 7) is 5.30. The molecule has 4 aromatic rings. The van der Waals surface area contributed by atoms with Crippen LogP contribution in [0.2, 0.25) is 0 Å². The third-order valence-corrected chi connectivity index (χ3v) is 7.12. The van der Waals surface area contributed by atoms with E-state index in [2.05, 4.69) is 34.3 Å². The van der Waals surface area contributed by atoms with E-state index in [9.17, 15) is 9.59 Å². The van der Waals surface area contributed by atoms with Crippen LogP contribution < -0.4 is 5.56 Å². The highest BCUT2D eigenvalue weighted by atomic mass is 32.1. The van der Waals surface area contributed by atoms with E-state index >= 15 is 0 Å². The van der Waals surface area contributed by atoms with Crippen LogP contribution in [0.4, 0.5) is 0 Å². The van der Waals surface area contributed by atoms with Crippen LogP contribution in [-0.4, -0.2) is 32.1 Å². The molecule has 0 spiro atoms. The Bertz CT molecular complexity index is 1360. The molecular weight excluding hydrogens is 432 g/mol. The molecule has 2 aromatic carbocycles. The van der Waals surface area contributed by atoms with E-state index in [1.807, 2.05) is 48.4 Å². The van der Waals surface area contributed by atoms with Gasteiger partial charge in [0.2, 0.25) is 11.0 Å². The standard InChI is InChI=1S/C26H26N4O2S/c1-17-7-9-20(10-8-17)23-16-33-26(27-23)30-25(32)22(18(2)28-30)11-12-24(31)29-14-13-19-5-3-4-6-21(19)15-29/h3-10,16,28H,11-15H2,1-2H3. The fourth-order valence-electron chi connectivity index (χ4n) is 4.33. The highest BCUT2D eigenvalue weighted by Crippen LogP contribution is 2.24. The van der Waals surface area contributed by atoms with E-state index in [-0.39, 0.29) is 11.5 Å². The van der Waals surface area contributed by atoms with Crippen molar-refractivity contribution in [2.24, 2.45) is 0 Å². The van der Waals surface area contributed by atoms with Crippen LogP contribution in [-0.2, 0) is 24.2 Å². The molecule has 2 aromatic heterocycles. The fraction of sp³-hybridized carbons (Fsp3) is 0.269. The van der Waals surface area contributed by atoms with Gasteiger partial charge in [-0.05, 0) is 37.8 Å². The lowest BCUT2D eigenvalue weighted by Crippen LogP contribution is -2.36. The molecule has 5 rings (SSSR count). The minimum absolute atomic E-state index is 0.0898. The Balaban J connectivity index is 1.29. The van der Waals surface area contributed by atoms with Gasteiger partial charge in [-0.1, -0.05) is 54.1 Å². The van der Waals surface area contributed by atoms with Gasteiger partial charge in [-0.2, -0.15) is 4.68 Å². The number of H-pyrrole nitrogens is 1. The van der Waals surface area contributed by atoms with Gasteiger partial charge >= 0.3 is 0 Å². The number of carbonyl (C=O) groups is 1. The first kappa shape index (κ1) is 21.4. The number of hydrogen-bond donors (Lipinski definition) is 1. The van der Waals surface area contributed by atoms with Gasteiger partial charge in [0.1, 0.15) is 0 Å². The molecule has 3 heterocycles. The van der Waals surface area contributed by atoms with Crippen LogP contribution in [0, 0.1) is 13.8 Å². The Kier molecular flexibility index (Phi) is 5.72. The minimum Gasteiger partial charge on any atom is -0.338 e. The molecule has 6 nitrogen and oxygen atoms in total. The average Bonchev–Trinajstić information content (AvgIpc) is 3.42. The van der Waals surface area contributed by atoms with Crippen LogP contribution in [0.5, 0.6) is 0 Å². The minimum atomic E-state index is -0.130. The van der Waals surface area contributed by atoms with Gasteiger partial charge in [0, 0.05) is 41.7 Å². The topological polar surface area (TPSA) is 71.0 Å². The maximum atomic E-state index is 13.1. The summed E-state index contributed by atoms with van der Waals surface area (Å²) < 4.78 is 1.49. The number of thiazole rings is 1. The van der Waals surface area contributed by atoms with Gasteiger partial charge in [-0.3, -0.25) is 14.7 Å². The van der Waals surface area contributed by atoms with Crippen molar-refractivity contribution in [1.29, 1.82) is 0 Å². The van der Waals surface area contributed by atoms with Gasteiger partial charge in [0.25, 0.3) is 5.56 Å². The smallest absolute Gasteiger partial charge is 0.276 e. The molecule has 0 aliphatic carbocycles. The summed E-state index contributed by atoms with van der Waals surface area (Å²) in [5.74, 6) is 0.0898. The predicted molar refractivity (Wildman–Crippen MR) is 131 cm³/mol. The van der Waals surface area contributed by atoms with E-state index in [0.29, 0.717) is 30.1 Å². The summed E-state index contributed by atoms with van der Waals surface area (Å²) in [5, 5.41) is 5.71. The Morgan fingerprint density at radius 2 is 1.85 bits per heavy atom. The lowest BCUT2D eigenvalue weighted by molar-refractivity contribution is -0.132. The highest BCUT2D eigenvalue weighted by Gasteiger charge is 2.22. The molecule has 168 valence electrons. The molecule has 33 heavy (non-hydrogen) atoms. The van der Waals surface area contributed by atoms with Crippen LogP contribution in [0.3, 0.4) is 0 Å².